The van der Waals surface area contributed by atoms with Crippen LogP contribution in [0.4, 0.5) is 0 Å². The lowest BCUT2D eigenvalue weighted by Crippen LogP contribution is -2.17. The molecule has 0 fully saturated rings. The summed E-state index contributed by atoms with van der Waals surface area (Å²) in [4.78, 5) is 11.5. The van der Waals surface area contributed by atoms with Crippen LogP contribution in [0.15, 0.2) is 41.1 Å². The van der Waals surface area contributed by atoms with E-state index in [2.05, 4.69) is 26.3 Å². The number of para-hydroxylation sites is 1. The van der Waals surface area contributed by atoms with Crippen LogP contribution >= 0.6 is 15.9 Å². The highest BCUT2D eigenvalue weighted by Gasteiger charge is 2.14. The molecule has 5 heteroatoms. The molecule has 0 aliphatic heterocycles. The molecule has 4 nitrogen and oxygen atoms in total. The van der Waals surface area contributed by atoms with Crippen molar-refractivity contribution in [1.82, 2.24) is 15.1 Å². The van der Waals surface area contributed by atoms with Gasteiger partial charge in [0.2, 0.25) is 0 Å². The molecule has 82 valence electrons. The lowest BCUT2D eigenvalue weighted by Gasteiger charge is -2.03. The Morgan fingerprint density at radius 3 is 2.69 bits per heavy atom. The number of nitrogens with one attached hydrogen (secondary N) is 1. The predicted octanol–water partition coefficient (Wildman–Crippen LogP) is 1.99. The molecule has 0 unspecified atom stereocenters. The lowest BCUT2D eigenvalue weighted by atomic mass is 10.3. The van der Waals surface area contributed by atoms with Gasteiger partial charge in [-0.2, -0.15) is 5.10 Å². The second-order valence-electron chi connectivity index (χ2n) is 3.18. The molecule has 1 aromatic heterocycles. The molecule has 0 aliphatic carbocycles. The number of carbonyl (C=O) groups excluding carboxylic acids is 1. The van der Waals surface area contributed by atoms with Gasteiger partial charge in [0.05, 0.1) is 17.4 Å². The Hall–Kier alpha value is -1.62. The van der Waals surface area contributed by atoms with E-state index in [0.717, 1.165) is 5.69 Å². The van der Waals surface area contributed by atoms with Crippen molar-refractivity contribution >= 4 is 21.8 Å². The van der Waals surface area contributed by atoms with Crippen LogP contribution in [0.5, 0.6) is 0 Å². The van der Waals surface area contributed by atoms with E-state index >= 15 is 0 Å². The number of rotatable bonds is 2. The molecule has 0 saturated carbocycles. The van der Waals surface area contributed by atoms with Crippen molar-refractivity contribution in [2.24, 2.45) is 0 Å². The van der Waals surface area contributed by atoms with E-state index in [1.807, 2.05) is 30.3 Å². The average molecular weight is 280 g/mol. The van der Waals surface area contributed by atoms with Crippen molar-refractivity contribution in [1.29, 1.82) is 0 Å². The van der Waals surface area contributed by atoms with Crippen molar-refractivity contribution in [2.45, 2.75) is 0 Å². The van der Waals surface area contributed by atoms with E-state index in [-0.39, 0.29) is 5.91 Å². The number of benzene rings is 1. The Labute approximate surface area is 101 Å². The SMILES string of the molecule is CNC(=O)c1cnn(-c2ccccc2)c1Br. The highest BCUT2D eigenvalue weighted by molar-refractivity contribution is 9.10. The Morgan fingerprint density at radius 1 is 1.38 bits per heavy atom. The molecular formula is C11H10BrN3O. The van der Waals surface area contributed by atoms with E-state index in [9.17, 15) is 4.79 Å². The average Bonchev–Trinajstić information content (AvgIpc) is 2.71. The molecule has 1 amide bonds. The quantitative estimate of drug-likeness (QED) is 0.914. The van der Waals surface area contributed by atoms with Gasteiger partial charge < -0.3 is 5.32 Å². The van der Waals surface area contributed by atoms with E-state index in [1.165, 1.54) is 6.20 Å². The zero-order valence-electron chi connectivity index (χ0n) is 8.64. The Morgan fingerprint density at radius 2 is 2.06 bits per heavy atom. The van der Waals surface area contributed by atoms with Gasteiger partial charge in [-0.25, -0.2) is 4.68 Å². The molecular weight excluding hydrogens is 270 g/mol. The van der Waals surface area contributed by atoms with Gasteiger partial charge in [-0.3, -0.25) is 4.79 Å². The maximum Gasteiger partial charge on any atom is 0.255 e. The number of hydrogen-bond acceptors (Lipinski definition) is 2. The third kappa shape index (κ3) is 1.86. The van der Waals surface area contributed by atoms with Gasteiger partial charge in [0.1, 0.15) is 4.60 Å². The fraction of sp³-hybridized carbons (Fsp3) is 0.0909. The summed E-state index contributed by atoms with van der Waals surface area (Å²) in [5.74, 6) is -0.158. The summed E-state index contributed by atoms with van der Waals surface area (Å²) in [5.41, 5.74) is 1.43. The fourth-order valence-electron chi connectivity index (χ4n) is 1.37. The van der Waals surface area contributed by atoms with Gasteiger partial charge in [0, 0.05) is 7.05 Å². The molecule has 0 spiro atoms. The van der Waals surface area contributed by atoms with Crippen molar-refractivity contribution in [3.05, 3.63) is 46.7 Å². The monoisotopic (exact) mass is 279 g/mol. The van der Waals surface area contributed by atoms with Crippen molar-refractivity contribution in [3.63, 3.8) is 0 Å². The van der Waals surface area contributed by atoms with Crippen LogP contribution in [0.1, 0.15) is 10.4 Å². The van der Waals surface area contributed by atoms with Crippen LogP contribution < -0.4 is 5.32 Å². The maximum atomic E-state index is 11.5. The first-order valence-electron chi connectivity index (χ1n) is 4.75. The number of aromatic nitrogens is 2. The van der Waals surface area contributed by atoms with Crippen LogP contribution in [0.25, 0.3) is 5.69 Å². The Bertz CT molecular complexity index is 507. The van der Waals surface area contributed by atoms with Gasteiger partial charge in [-0.05, 0) is 28.1 Å². The summed E-state index contributed by atoms with van der Waals surface area (Å²) in [5, 5.41) is 6.73. The summed E-state index contributed by atoms with van der Waals surface area (Å²) >= 11 is 3.37. The number of amides is 1. The summed E-state index contributed by atoms with van der Waals surface area (Å²) in [7, 11) is 1.59. The number of halogens is 1. The van der Waals surface area contributed by atoms with E-state index in [4.69, 9.17) is 0 Å². The second-order valence-corrected chi connectivity index (χ2v) is 3.93. The summed E-state index contributed by atoms with van der Waals surface area (Å²) in [6, 6.07) is 9.61. The third-order valence-electron chi connectivity index (χ3n) is 2.18. The highest BCUT2D eigenvalue weighted by atomic mass is 79.9. The topological polar surface area (TPSA) is 46.9 Å². The zero-order valence-corrected chi connectivity index (χ0v) is 10.2. The molecule has 1 heterocycles. The molecule has 0 aliphatic rings. The van der Waals surface area contributed by atoms with E-state index in [0.29, 0.717) is 10.2 Å². The summed E-state index contributed by atoms with van der Waals surface area (Å²) in [6.07, 6.45) is 1.54. The lowest BCUT2D eigenvalue weighted by molar-refractivity contribution is 0.0962. The van der Waals surface area contributed by atoms with E-state index in [1.54, 1.807) is 11.7 Å². The fourth-order valence-corrected chi connectivity index (χ4v) is 1.95. The van der Waals surface area contributed by atoms with Crippen molar-refractivity contribution in [2.75, 3.05) is 7.05 Å². The molecule has 2 rings (SSSR count). The van der Waals surface area contributed by atoms with Gasteiger partial charge in [0.25, 0.3) is 5.91 Å². The summed E-state index contributed by atoms with van der Waals surface area (Å²) in [6.45, 7) is 0. The zero-order chi connectivity index (χ0) is 11.5. The first-order valence-corrected chi connectivity index (χ1v) is 5.54. The maximum absolute atomic E-state index is 11.5. The highest BCUT2D eigenvalue weighted by Crippen LogP contribution is 2.20. The number of hydrogen-bond donors (Lipinski definition) is 1. The molecule has 0 saturated heterocycles. The van der Waals surface area contributed by atoms with E-state index < -0.39 is 0 Å². The minimum absolute atomic E-state index is 0.158. The van der Waals surface area contributed by atoms with Crippen molar-refractivity contribution in [3.8, 4) is 5.69 Å². The standard InChI is InChI=1S/C11H10BrN3O/c1-13-11(16)9-7-14-15(10(9)12)8-5-3-2-4-6-8/h2-7H,1H3,(H,13,16). The molecule has 0 atom stereocenters. The molecule has 1 aromatic carbocycles. The Kier molecular flexibility index (Phi) is 3.05. The van der Waals surface area contributed by atoms with Crippen LogP contribution in [0.2, 0.25) is 0 Å². The van der Waals surface area contributed by atoms with Crippen molar-refractivity contribution < 1.29 is 4.79 Å². The number of carbonyl (C=O) groups is 1. The largest absolute Gasteiger partial charge is 0.355 e. The first-order chi connectivity index (χ1) is 7.74. The predicted molar refractivity (Wildman–Crippen MR) is 64.7 cm³/mol. The first kappa shape index (κ1) is 10.9. The third-order valence-corrected chi connectivity index (χ3v) is 2.95. The van der Waals surface area contributed by atoms with Gasteiger partial charge in [-0.15, -0.1) is 0 Å². The minimum Gasteiger partial charge on any atom is -0.355 e. The molecule has 0 bridgehead atoms. The molecule has 0 radical (unpaired) electrons. The van der Waals surface area contributed by atoms with Crippen LogP contribution in [-0.2, 0) is 0 Å². The van der Waals surface area contributed by atoms with Gasteiger partial charge in [-0.1, -0.05) is 18.2 Å². The molecule has 1 N–H and O–H groups in total. The second kappa shape index (κ2) is 4.49. The van der Waals surface area contributed by atoms with Gasteiger partial charge in [0.15, 0.2) is 0 Å². The van der Waals surface area contributed by atoms with Gasteiger partial charge >= 0.3 is 0 Å². The number of nitrogens with zero attached hydrogens (tertiary/aromatic N) is 2. The van der Waals surface area contributed by atoms with Crippen LogP contribution in [0, 0.1) is 0 Å². The smallest absolute Gasteiger partial charge is 0.255 e. The minimum atomic E-state index is -0.158. The van der Waals surface area contributed by atoms with Crippen LogP contribution in [0.3, 0.4) is 0 Å². The molecule has 2 aromatic rings. The Balaban J connectivity index is 2.45. The molecule has 16 heavy (non-hydrogen) atoms. The van der Waals surface area contributed by atoms with Crippen LogP contribution in [-0.4, -0.2) is 22.7 Å². The normalized spacial score (nSPS) is 10.1. The summed E-state index contributed by atoms with van der Waals surface area (Å²) < 4.78 is 2.32.